The first-order chi connectivity index (χ1) is 9.91. The average molecular weight is 312 g/mol. The van der Waals surface area contributed by atoms with Crippen molar-refractivity contribution in [3.05, 3.63) is 23.8 Å². The van der Waals surface area contributed by atoms with Gasteiger partial charge in [-0.15, -0.1) is 0 Å². The molecule has 1 heterocycles. The fourth-order valence-electron chi connectivity index (χ4n) is 2.97. The molecule has 1 aromatic rings. The second kappa shape index (κ2) is 6.34. The first-order valence-corrected chi connectivity index (χ1v) is 8.72. The highest BCUT2D eigenvalue weighted by Crippen LogP contribution is 2.33. The lowest BCUT2D eigenvalue weighted by Crippen LogP contribution is -2.51. The number of ether oxygens (including phenoxy) is 1. The highest BCUT2D eigenvalue weighted by molar-refractivity contribution is 7.89. The SMILES string of the molecule is COc1ccc(C)cc1S(=O)(=O)N1CCCC(C)C1CN. The van der Waals surface area contributed by atoms with Crippen LogP contribution in [0.1, 0.15) is 25.3 Å². The summed E-state index contributed by atoms with van der Waals surface area (Å²) in [5.74, 6) is 0.656. The minimum absolute atomic E-state index is 0.144. The van der Waals surface area contributed by atoms with Gasteiger partial charge < -0.3 is 10.5 Å². The van der Waals surface area contributed by atoms with E-state index >= 15 is 0 Å². The Labute approximate surface area is 127 Å². The molecule has 1 aromatic carbocycles. The summed E-state index contributed by atoms with van der Waals surface area (Å²) in [5.41, 5.74) is 6.71. The Morgan fingerprint density at radius 3 is 2.76 bits per heavy atom. The maximum Gasteiger partial charge on any atom is 0.247 e. The van der Waals surface area contributed by atoms with E-state index in [9.17, 15) is 8.42 Å². The zero-order chi connectivity index (χ0) is 15.6. The van der Waals surface area contributed by atoms with Crippen LogP contribution >= 0.6 is 0 Å². The van der Waals surface area contributed by atoms with Crippen molar-refractivity contribution in [3.8, 4) is 5.75 Å². The third-order valence-electron chi connectivity index (χ3n) is 4.21. The number of nitrogens with two attached hydrogens (primary N) is 1. The van der Waals surface area contributed by atoms with Gasteiger partial charge in [-0.25, -0.2) is 8.42 Å². The van der Waals surface area contributed by atoms with Gasteiger partial charge in [0.15, 0.2) is 0 Å². The average Bonchev–Trinajstić information content (AvgIpc) is 2.46. The molecule has 118 valence electrons. The molecule has 5 nitrogen and oxygen atoms in total. The molecular formula is C15H24N2O3S. The summed E-state index contributed by atoms with van der Waals surface area (Å²) in [5, 5.41) is 0. The summed E-state index contributed by atoms with van der Waals surface area (Å²) in [6, 6.07) is 5.07. The lowest BCUT2D eigenvalue weighted by atomic mass is 9.93. The molecule has 21 heavy (non-hydrogen) atoms. The van der Waals surface area contributed by atoms with E-state index in [4.69, 9.17) is 10.5 Å². The Morgan fingerprint density at radius 2 is 2.14 bits per heavy atom. The number of sulfonamides is 1. The molecule has 2 atom stereocenters. The fourth-order valence-corrected chi connectivity index (χ4v) is 4.98. The summed E-state index contributed by atoms with van der Waals surface area (Å²) in [4.78, 5) is 0.234. The maximum absolute atomic E-state index is 13.0. The topological polar surface area (TPSA) is 72.6 Å². The highest BCUT2D eigenvalue weighted by atomic mass is 32.2. The Hall–Kier alpha value is -1.11. The zero-order valence-electron chi connectivity index (χ0n) is 12.9. The molecule has 0 bridgehead atoms. The van der Waals surface area contributed by atoms with E-state index in [-0.39, 0.29) is 16.9 Å². The second-order valence-corrected chi connectivity index (χ2v) is 7.55. The number of hydrogen-bond acceptors (Lipinski definition) is 4. The summed E-state index contributed by atoms with van der Waals surface area (Å²) in [7, 11) is -2.10. The van der Waals surface area contributed by atoms with Gasteiger partial charge in [-0.05, 0) is 43.4 Å². The Kier molecular flexibility index (Phi) is 4.91. The minimum Gasteiger partial charge on any atom is -0.495 e. The Morgan fingerprint density at radius 1 is 1.43 bits per heavy atom. The van der Waals surface area contributed by atoms with Crippen LogP contribution in [-0.4, -0.2) is 39.0 Å². The van der Waals surface area contributed by atoms with Crippen LogP contribution < -0.4 is 10.5 Å². The van der Waals surface area contributed by atoms with E-state index in [1.165, 1.54) is 7.11 Å². The lowest BCUT2D eigenvalue weighted by Gasteiger charge is -2.38. The summed E-state index contributed by atoms with van der Waals surface area (Å²) in [6.07, 6.45) is 1.88. The van der Waals surface area contributed by atoms with Crippen LogP contribution in [0.3, 0.4) is 0 Å². The van der Waals surface area contributed by atoms with Gasteiger partial charge in [0.1, 0.15) is 10.6 Å². The van der Waals surface area contributed by atoms with E-state index in [1.54, 1.807) is 16.4 Å². The first-order valence-electron chi connectivity index (χ1n) is 7.28. The summed E-state index contributed by atoms with van der Waals surface area (Å²) >= 11 is 0. The highest BCUT2D eigenvalue weighted by Gasteiger charge is 2.37. The van der Waals surface area contributed by atoms with Crippen molar-refractivity contribution >= 4 is 10.0 Å². The molecule has 0 amide bonds. The number of piperidine rings is 1. The molecular weight excluding hydrogens is 288 g/mol. The maximum atomic E-state index is 13.0. The monoisotopic (exact) mass is 312 g/mol. The molecule has 1 aliphatic heterocycles. The number of benzene rings is 1. The first kappa shape index (κ1) is 16.3. The molecule has 0 aromatic heterocycles. The van der Waals surface area contributed by atoms with Crippen molar-refractivity contribution < 1.29 is 13.2 Å². The molecule has 0 saturated carbocycles. The minimum atomic E-state index is -3.59. The van der Waals surface area contributed by atoms with Gasteiger partial charge in [0.2, 0.25) is 10.0 Å². The van der Waals surface area contributed by atoms with Crippen molar-refractivity contribution in [2.75, 3.05) is 20.2 Å². The largest absolute Gasteiger partial charge is 0.495 e. The summed E-state index contributed by atoms with van der Waals surface area (Å²) < 4.78 is 32.8. The number of aryl methyl sites for hydroxylation is 1. The third kappa shape index (κ3) is 3.07. The van der Waals surface area contributed by atoms with Gasteiger partial charge >= 0.3 is 0 Å². The molecule has 2 unspecified atom stereocenters. The van der Waals surface area contributed by atoms with Crippen LogP contribution in [0.4, 0.5) is 0 Å². The smallest absolute Gasteiger partial charge is 0.247 e. The van der Waals surface area contributed by atoms with Gasteiger partial charge in [-0.3, -0.25) is 0 Å². The number of methoxy groups -OCH3 is 1. The van der Waals surface area contributed by atoms with Crippen LogP contribution in [0, 0.1) is 12.8 Å². The second-order valence-electron chi connectivity index (χ2n) is 5.69. The molecule has 1 fully saturated rings. The van der Waals surface area contributed by atoms with Crippen LogP contribution in [0.15, 0.2) is 23.1 Å². The molecule has 2 rings (SSSR count). The normalized spacial score (nSPS) is 24.0. The molecule has 6 heteroatoms. The Bertz CT molecular complexity index is 601. The number of hydrogen-bond donors (Lipinski definition) is 1. The molecule has 0 radical (unpaired) electrons. The zero-order valence-corrected chi connectivity index (χ0v) is 13.7. The fraction of sp³-hybridized carbons (Fsp3) is 0.600. The van der Waals surface area contributed by atoms with Gasteiger partial charge in [-0.1, -0.05) is 13.0 Å². The van der Waals surface area contributed by atoms with Gasteiger partial charge in [0.25, 0.3) is 0 Å². The van der Waals surface area contributed by atoms with Crippen LogP contribution in [0.5, 0.6) is 5.75 Å². The van der Waals surface area contributed by atoms with E-state index in [2.05, 4.69) is 6.92 Å². The van der Waals surface area contributed by atoms with E-state index in [0.29, 0.717) is 18.8 Å². The van der Waals surface area contributed by atoms with Gasteiger partial charge in [-0.2, -0.15) is 4.31 Å². The van der Waals surface area contributed by atoms with E-state index in [1.807, 2.05) is 13.0 Å². The Balaban J connectivity index is 2.48. The third-order valence-corrected chi connectivity index (χ3v) is 6.16. The van der Waals surface area contributed by atoms with Crippen LogP contribution in [0.2, 0.25) is 0 Å². The van der Waals surface area contributed by atoms with E-state index in [0.717, 1.165) is 18.4 Å². The molecule has 1 aliphatic rings. The predicted octanol–water partition coefficient (Wildman–Crippen LogP) is 1.75. The van der Waals surface area contributed by atoms with Crippen molar-refractivity contribution in [2.24, 2.45) is 11.7 Å². The summed E-state index contributed by atoms with van der Waals surface area (Å²) in [6.45, 7) is 4.80. The van der Waals surface area contributed by atoms with Crippen LogP contribution in [0.25, 0.3) is 0 Å². The molecule has 2 N–H and O–H groups in total. The van der Waals surface area contributed by atoms with Crippen molar-refractivity contribution in [2.45, 2.75) is 37.6 Å². The number of rotatable bonds is 4. The quantitative estimate of drug-likeness (QED) is 0.919. The van der Waals surface area contributed by atoms with Gasteiger partial charge in [0.05, 0.1) is 7.11 Å². The van der Waals surface area contributed by atoms with Crippen molar-refractivity contribution in [1.82, 2.24) is 4.31 Å². The molecule has 1 saturated heterocycles. The van der Waals surface area contributed by atoms with Crippen molar-refractivity contribution in [3.63, 3.8) is 0 Å². The van der Waals surface area contributed by atoms with Crippen molar-refractivity contribution in [1.29, 1.82) is 0 Å². The molecule has 0 aliphatic carbocycles. The van der Waals surface area contributed by atoms with Gasteiger partial charge in [0, 0.05) is 19.1 Å². The van der Waals surface area contributed by atoms with E-state index < -0.39 is 10.0 Å². The predicted molar refractivity (Wildman–Crippen MR) is 82.9 cm³/mol. The standard InChI is InChI=1S/C15H24N2O3S/c1-11-6-7-14(20-3)15(9-11)21(18,19)17-8-4-5-12(2)13(17)10-16/h6-7,9,12-13H,4-5,8,10,16H2,1-3H3. The molecule has 0 spiro atoms. The van der Waals surface area contributed by atoms with Crippen LogP contribution in [-0.2, 0) is 10.0 Å². The number of nitrogens with zero attached hydrogens (tertiary/aromatic N) is 1. The lowest BCUT2D eigenvalue weighted by molar-refractivity contribution is 0.192.